The molecule has 1 aromatic heterocycles. The number of fused-ring (bicyclic) bond motifs is 1. The van der Waals surface area contributed by atoms with E-state index in [1.165, 1.54) is 0 Å². The fourth-order valence-corrected chi connectivity index (χ4v) is 3.98. The maximum atomic E-state index is 12.3. The summed E-state index contributed by atoms with van der Waals surface area (Å²) in [5, 5.41) is 3.83. The van der Waals surface area contributed by atoms with E-state index >= 15 is 0 Å². The molecule has 3 N–H and O–H groups in total. The van der Waals surface area contributed by atoms with Crippen LogP contribution in [-0.2, 0) is 6.42 Å². The highest BCUT2D eigenvalue weighted by atomic mass is 35.5. The number of pyridine rings is 1. The maximum absolute atomic E-state index is 12.3. The van der Waals surface area contributed by atoms with Gasteiger partial charge in [-0.1, -0.05) is 41.4 Å². The summed E-state index contributed by atoms with van der Waals surface area (Å²) in [6.07, 6.45) is 1.53. The Morgan fingerprint density at radius 1 is 1.17 bits per heavy atom. The number of aryl methyl sites for hydroxylation is 1. The van der Waals surface area contributed by atoms with E-state index in [1.54, 1.807) is 24.3 Å². The normalized spacial score (nSPS) is 15.0. The van der Waals surface area contributed by atoms with Crippen LogP contribution in [0.3, 0.4) is 0 Å². The summed E-state index contributed by atoms with van der Waals surface area (Å²) < 4.78 is 6.16. The molecule has 1 unspecified atom stereocenters. The van der Waals surface area contributed by atoms with Crippen LogP contribution >= 0.6 is 23.2 Å². The molecule has 0 spiro atoms. The summed E-state index contributed by atoms with van der Waals surface area (Å²) in [6.45, 7) is 0.837. The van der Waals surface area contributed by atoms with Crippen LogP contribution in [-0.4, -0.2) is 24.0 Å². The van der Waals surface area contributed by atoms with E-state index in [4.69, 9.17) is 38.7 Å². The van der Waals surface area contributed by atoms with Crippen molar-refractivity contribution in [2.24, 2.45) is 5.73 Å². The molecule has 5 nitrogen and oxygen atoms in total. The summed E-state index contributed by atoms with van der Waals surface area (Å²) in [7, 11) is 0. The Hall–Kier alpha value is -2.60. The number of nitrogens with two attached hydrogens (primary N) is 1. The number of rotatable bonds is 6. The number of carbonyl (C=O) groups is 1. The summed E-state index contributed by atoms with van der Waals surface area (Å²) in [5.41, 5.74) is 9.75. The second-order valence-corrected chi connectivity index (χ2v) is 7.93. The summed E-state index contributed by atoms with van der Waals surface area (Å²) in [5.74, 6) is 0.437. The van der Waals surface area contributed by atoms with Gasteiger partial charge in [0.05, 0.1) is 16.4 Å². The Balaban J connectivity index is 1.60. The molecule has 0 aliphatic heterocycles. The van der Waals surface area contributed by atoms with E-state index < -0.39 is 0 Å². The van der Waals surface area contributed by atoms with Crippen LogP contribution in [0, 0.1) is 0 Å². The molecule has 7 heteroatoms. The van der Waals surface area contributed by atoms with Gasteiger partial charge in [-0.25, -0.2) is 4.98 Å². The van der Waals surface area contributed by atoms with E-state index in [2.05, 4.69) is 11.4 Å². The highest BCUT2D eigenvalue weighted by Crippen LogP contribution is 2.38. The van der Waals surface area contributed by atoms with Gasteiger partial charge in [-0.05, 0) is 54.8 Å². The SMILES string of the molecule is NCCNC(=O)c1cccc(-c2ccc3c(n2)C(Oc2ccc(Cl)cc2Cl)CC3)c1. The van der Waals surface area contributed by atoms with Crippen molar-refractivity contribution in [1.29, 1.82) is 0 Å². The molecule has 0 bridgehead atoms. The van der Waals surface area contributed by atoms with Gasteiger partial charge in [0.1, 0.15) is 11.9 Å². The van der Waals surface area contributed by atoms with Gasteiger partial charge < -0.3 is 15.8 Å². The van der Waals surface area contributed by atoms with Crippen molar-refractivity contribution < 1.29 is 9.53 Å². The fourth-order valence-electron chi connectivity index (χ4n) is 3.52. The van der Waals surface area contributed by atoms with Gasteiger partial charge in [-0.15, -0.1) is 0 Å². The molecule has 4 rings (SSSR count). The van der Waals surface area contributed by atoms with Crippen molar-refractivity contribution in [2.45, 2.75) is 18.9 Å². The first kappa shape index (κ1) is 20.7. The molecule has 1 aliphatic carbocycles. The average Bonchev–Trinajstić information content (AvgIpc) is 3.16. The summed E-state index contributed by atoms with van der Waals surface area (Å²) in [6, 6.07) is 16.6. The van der Waals surface area contributed by atoms with Crippen molar-refractivity contribution in [3.63, 3.8) is 0 Å². The molecule has 1 heterocycles. The number of halogens is 2. The van der Waals surface area contributed by atoms with Gasteiger partial charge in [0.2, 0.25) is 0 Å². The number of hydrogen-bond acceptors (Lipinski definition) is 4. The average molecular weight is 442 g/mol. The van der Waals surface area contributed by atoms with E-state index in [1.807, 2.05) is 24.3 Å². The smallest absolute Gasteiger partial charge is 0.251 e. The molecule has 0 saturated carbocycles. The third-order valence-corrected chi connectivity index (χ3v) is 5.54. The fraction of sp³-hybridized carbons (Fsp3) is 0.217. The molecule has 1 amide bonds. The van der Waals surface area contributed by atoms with Crippen LogP contribution in [0.25, 0.3) is 11.3 Å². The van der Waals surface area contributed by atoms with Gasteiger partial charge in [-0.2, -0.15) is 0 Å². The van der Waals surface area contributed by atoms with E-state index in [-0.39, 0.29) is 12.0 Å². The Bertz CT molecular complexity index is 1090. The molecule has 3 aromatic rings. The van der Waals surface area contributed by atoms with Crippen LogP contribution in [0.2, 0.25) is 10.0 Å². The van der Waals surface area contributed by atoms with Gasteiger partial charge in [0.25, 0.3) is 5.91 Å². The lowest BCUT2D eigenvalue weighted by Crippen LogP contribution is -2.28. The zero-order chi connectivity index (χ0) is 21.1. The number of hydrogen-bond donors (Lipinski definition) is 2. The molecular formula is C23H21Cl2N3O2. The van der Waals surface area contributed by atoms with Crippen molar-refractivity contribution in [3.05, 3.63) is 81.5 Å². The van der Waals surface area contributed by atoms with Crippen LogP contribution in [0.1, 0.15) is 34.1 Å². The Kier molecular flexibility index (Phi) is 6.23. The standard InChI is InChI=1S/C23H21Cl2N3O2/c24-17-6-9-20(18(25)13-17)30-21-8-5-14-4-7-19(28-22(14)21)15-2-1-3-16(12-15)23(29)27-11-10-26/h1-4,6-7,9,12-13,21H,5,8,10-11,26H2,(H,27,29). The molecule has 2 aromatic carbocycles. The predicted molar refractivity (Wildman–Crippen MR) is 119 cm³/mol. The van der Waals surface area contributed by atoms with Crippen LogP contribution in [0.5, 0.6) is 5.75 Å². The largest absolute Gasteiger partial charge is 0.483 e. The third kappa shape index (κ3) is 4.43. The molecule has 154 valence electrons. The predicted octanol–water partition coefficient (Wildman–Crippen LogP) is 4.81. The van der Waals surface area contributed by atoms with Gasteiger partial charge in [0, 0.05) is 29.2 Å². The summed E-state index contributed by atoms with van der Waals surface area (Å²) in [4.78, 5) is 17.1. The quantitative estimate of drug-likeness (QED) is 0.575. The van der Waals surface area contributed by atoms with Gasteiger partial charge in [0.15, 0.2) is 0 Å². The summed E-state index contributed by atoms with van der Waals surface area (Å²) >= 11 is 12.2. The van der Waals surface area contributed by atoms with Crippen molar-refractivity contribution >= 4 is 29.1 Å². The first-order valence-electron chi connectivity index (χ1n) is 9.75. The minimum Gasteiger partial charge on any atom is -0.483 e. The second-order valence-electron chi connectivity index (χ2n) is 7.09. The van der Waals surface area contributed by atoms with Crippen molar-refractivity contribution in [1.82, 2.24) is 10.3 Å². The van der Waals surface area contributed by atoms with Crippen LogP contribution in [0.4, 0.5) is 0 Å². The topological polar surface area (TPSA) is 77.2 Å². The lowest BCUT2D eigenvalue weighted by Gasteiger charge is -2.16. The van der Waals surface area contributed by atoms with Crippen LogP contribution in [0.15, 0.2) is 54.6 Å². The lowest BCUT2D eigenvalue weighted by atomic mass is 10.1. The highest BCUT2D eigenvalue weighted by Gasteiger charge is 2.27. The first-order valence-corrected chi connectivity index (χ1v) is 10.5. The van der Waals surface area contributed by atoms with E-state index in [0.717, 1.165) is 35.4 Å². The zero-order valence-corrected chi connectivity index (χ0v) is 17.7. The lowest BCUT2D eigenvalue weighted by molar-refractivity contribution is 0.0955. The minimum absolute atomic E-state index is 0.151. The number of benzene rings is 2. The number of ether oxygens (including phenoxy) is 1. The molecule has 30 heavy (non-hydrogen) atoms. The van der Waals surface area contributed by atoms with Crippen LogP contribution < -0.4 is 15.8 Å². The van der Waals surface area contributed by atoms with Gasteiger partial charge in [-0.3, -0.25) is 4.79 Å². The number of amides is 1. The van der Waals surface area contributed by atoms with Crippen molar-refractivity contribution in [3.8, 4) is 17.0 Å². The monoisotopic (exact) mass is 441 g/mol. The minimum atomic E-state index is -0.185. The first-order chi connectivity index (χ1) is 14.5. The highest BCUT2D eigenvalue weighted by molar-refractivity contribution is 6.35. The number of nitrogens with one attached hydrogen (secondary N) is 1. The van der Waals surface area contributed by atoms with E-state index in [0.29, 0.717) is 34.4 Å². The third-order valence-electron chi connectivity index (χ3n) is 5.01. The molecule has 1 atom stereocenters. The van der Waals surface area contributed by atoms with Gasteiger partial charge >= 0.3 is 0 Å². The second kappa shape index (κ2) is 9.04. The molecular weight excluding hydrogens is 421 g/mol. The van der Waals surface area contributed by atoms with Crippen molar-refractivity contribution in [2.75, 3.05) is 13.1 Å². The molecule has 0 radical (unpaired) electrons. The maximum Gasteiger partial charge on any atom is 0.251 e. The molecule has 0 fully saturated rings. The number of aromatic nitrogens is 1. The van der Waals surface area contributed by atoms with E-state index in [9.17, 15) is 4.79 Å². The number of carbonyl (C=O) groups excluding carboxylic acids is 1. The Labute approximate surface area is 185 Å². The Morgan fingerprint density at radius 2 is 2.03 bits per heavy atom. The molecule has 0 saturated heterocycles. The number of nitrogens with zero attached hydrogens (tertiary/aromatic N) is 1. The Morgan fingerprint density at radius 3 is 2.83 bits per heavy atom. The molecule has 1 aliphatic rings. The zero-order valence-electron chi connectivity index (χ0n) is 16.2.